The van der Waals surface area contributed by atoms with Gasteiger partial charge in [0.15, 0.2) is 5.17 Å². The maximum absolute atomic E-state index is 12.9. The van der Waals surface area contributed by atoms with Crippen LogP contribution in [0.3, 0.4) is 0 Å². The number of amides is 2. The fourth-order valence-corrected chi connectivity index (χ4v) is 5.14. The van der Waals surface area contributed by atoms with Gasteiger partial charge in [-0.3, -0.25) is 14.5 Å². The van der Waals surface area contributed by atoms with Crippen molar-refractivity contribution in [2.24, 2.45) is 4.99 Å². The van der Waals surface area contributed by atoms with Gasteiger partial charge in [0, 0.05) is 18.7 Å². The number of aliphatic imine (C=N–C) groups is 1. The highest BCUT2D eigenvalue weighted by Crippen LogP contribution is 2.34. The van der Waals surface area contributed by atoms with Gasteiger partial charge in [0.2, 0.25) is 16.9 Å². The Morgan fingerprint density at radius 2 is 2.03 bits per heavy atom. The first-order valence-corrected chi connectivity index (χ1v) is 11.1. The van der Waals surface area contributed by atoms with E-state index in [-0.39, 0.29) is 18.2 Å². The Bertz CT molecular complexity index is 1120. The number of nitrogens with one attached hydrogen (secondary N) is 1. The number of para-hydroxylation sites is 2. The van der Waals surface area contributed by atoms with E-state index in [2.05, 4.69) is 21.9 Å². The molecule has 0 saturated carbocycles. The van der Waals surface area contributed by atoms with E-state index in [1.807, 2.05) is 55.5 Å². The van der Waals surface area contributed by atoms with Crippen molar-refractivity contribution < 1.29 is 9.59 Å². The summed E-state index contributed by atoms with van der Waals surface area (Å²) in [4.78, 5) is 36.2. The molecule has 1 saturated heterocycles. The monoisotopic (exact) mass is 436 g/mol. The largest absolute Gasteiger partial charge is 0.326 e. The van der Waals surface area contributed by atoms with Crippen molar-refractivity contribution in [3.8, 4) is 0 Å². The first-order valence-electron chi connectivity index (χ1n) is 9.44. The van der Waals surface area contributed by atoms with Crippen molar-refractivity contribution in [2.75, 3.05) is 11.9 Å². The smallest absolute Gasteiger partial charge is 0.242 e. The third kappa shape index (κ3) is 4.29. The van der Waals surface area contributed by atoms with Crippen molar-refractivity contribution in [1.82, 2.24) is 9.88 Å². The molecule has 0 radical (unpaired) electrons. The summed E-state index contributed by atoms with van der Waals surface area (Å²) in [6.45, 7) is 6.00. The van der Waals surface area contributed by atoms with Crippen LogP contribution in [0.2, 0.25) is 0 Å². The lowest BCUT2D eigenvalue weighted by atomic mass is 10.2. The number of amidine groups is 1. The molecule has 2 aromatic carbocycles. The van der Waals surface area contributed by atoms with Crippen LogP contribution in [0.4, 0.5) is 10.8 Å². The van der Waals surface area contributed by atoms with Gasteiger partial charge >= 0.3 is 0 Å². The highest BCUT2D eigenvalue weighted by Gasteiger charge is 2.38. The summed E-state index contributed by atoms with van der Waals surface area (Å²) in [6.07, 6.45) is 1.73. The van der Waals surface area contributed by atoms with Crippen molar-refractivity contribution >= 4 is 61.1 Å². The van der Waals surface area contributed by atoms with Gasteiger partial charge in [0.1, 0.15) is 5.25 Å². The molecule has 1 unspecified atom stereocenters. The zero-order valence-electron chi connectivity index (χ0n) is 16.4. The molecule has 1 atom stereocenters. The molecule has 1 aromatic heterocycles. The number of fused-ring (bicyclic) bond motifs is 1. The Labute approximate surface area is 182 Å². The predicted octanol–water partition coefficient (Wildman–Crippen LogP) is 4.75. The molecular formula is C22H20N4O2S2. The van der Waals surface area contributed by atoms with Crippen LogP contribution in [0, 0.1) is 6.92 Å². The van der Waals surface area contributed by atoms with Crippen LogP contribution in [0.1, 0.15) is 12.0 Å². The molecule has 6 nitrogen and oxygen atoms in total. The maximum Gasteiger partial charge on any atom is 0.242 e. The first-order chi connectivity index (χ1) is 14.5. The molecule has 152 valence electrons. The summed E-state index contributed by atoms with van der Waals surface area (Å²) >= 11 is 2.77. The van der Waals surface area contributed by atoms with E-state index in [9.17, 15) is 9.59 Å². The number of aromatic nitrogens is 1. The lowest BCUT2D eigenvalue weighted by molar-refractivity contribution is -0.127. The molecule has 0 spiro atoms. The molecule has 1 N–H and O–H groups in total. The van der Waals surface area contributed by atoms with Gasteiger partial charge in [-0.15, -0.1) is 6.58 Å². The molecular weight excluding hydrogens is 416 g/mol. The summed E-state index contributed by atoms with van der Waals surface area (Å²) in [7, 11) is 0. The Balaban J connectivity index is 1.52. The van der Waals surface area contributed by atoms with Gasteiger partial charge in [0.25, 0.3) is 0 Å². The molecule has 2 heterocycles. The second-order valence-electron chi connectivity index (χ2n) is 6.77. The number of anilines is 1. The molecule has 2 amide bonds. The number of nitrogens with zero attached hydrogens (tertiary/aromatic N) is 3. The van der Waals surface area contributed by atoms with Gasteiger partial charge in [-0.1, -0.05) is 59.5 Å². The fourth-order valence-electron chi connectivity index (χ4n) is 3.09. The van der Waals surface area contributed by atoms with Crippen LogP contribution in [0.15, 0.2) is 66.2 Å². The SMILES string of the molecule is C=CCN1C(=O)C(CC(=O)Nc2ccccc2C)S/C1=N/c1nc2ccccc2s1. The summed E-state index contributed by atoms with van der Waals surface area (Å²) in [6, 6.07) is 15.4. The van der Waals surface area contributed by atoms with E-state index in [0.29, 0.717) is 16.8 Å². The topological polar surface area (TPSA) is 74.7 Å². The summed E-state index contributed by atoms with van der Waals surface area (Å²) in [5, 5.41) is 3.50. The van der Waals surface area contributed by atoms with E-state index in [1.54, 1.807) is 11.0 Å². The van der Waals surface area contributed by atoms with Gasteiger partial charge < -0.3 is 5.32 Å². The van der Waals surface area contributed by atoms with Crippen LogP contribution < -0.4 is 5.32 Å². The van der Waals surface area contributed by atoms with Gasteiger partial charge in [0.05, 0.1) is 10.2 Å². The molecule has 0 bridgehead atoms. The molecule has 1 aliphatic heterocycles. The van der Waals surface area contributed by atoms with Crippen LogP contribution in [0.5, 0.6) is 0 Å². The van der Waals surface area contributed by atoms with Crippen molar-refractivity contribution in [3.63, 3.8) is 0 Å². The molecule has 4 rings (SSSR count). The maximum atomic E-state index is 12.9. The lowest BCUT2D eigenvalue weighted by Gasteiger charge is -2.13. The number of carbonyl (C=O) groups is 2. The van der Waals surface area contributed by atoms with E-state index in [4.69, 9.17) is 0 Å². The highest BCUT2D eigenvalue weighted by molar-refractivity contribution is 8.15. The Hall–Kier alpha value is -2.97. The highest BCUT2D eigenvalue weighted by atomic mass is 32.2. The summed E-state index contributed by atoms with van der Waals surface area (Å²) in [5.41, 5.74) is 2.60. The zero-order chi connectivity index (χ0) is 21.1. The molecule has 30 heavy (non-hydrogen) atoms. The minimum Gasteiger partial charge on any atom is -0.326 e. The number of thioether (sulfide) groups is 1. The van der Waals surface area contributed by atoms with Crippen molar-refractivity contribution in [3.05, 3.63) is 66.7 Å². The van der Waals surface area contributed by atoms with Crippen LogP contribution >= 0.6 is 23.1 Å². The number of rotatable bonds is 6. The average molecular weight is 437 g/mol. The Morgan fingerprint density at radius 3 is 2.80 bits per heavy atom. The number of hydrogen-bond donors (Lipinski definition) is 1. The fraction of sp³-hybridized carbons (Fsp3) is 0.182. The number of carbonyl (C=O) groups excluding carboxylic acids is 2. The first kappa shape index (κ1) is 20.3. The second-order valence-corrected chi connectivity index (χ2v) is 8.95. The predicted molar refractivity (Wildman–Crippen MR) is 124 cm³/mol. The third-order valence-corrected chi connectivity index (χ3v) is 6.70. The van der Waals surface area contributed by atoms with Crippen LogP contribution in [-0.2, 0) is 9.59 Å². The second kappa shape index (κ2) is 8.81. The standard InChI is InChI=1S/C22H20N4O2S2/c1-3-12-26-20(28)18(13-19(27)23-15-9-5-4-8-14(15)2)30-22(26)25-21-24-16-10-6-7-11-17(16)29-21/h3-11,18H,1,12-13H2,2H3,(H,23,27)/b25-22+. The molecule has 1 aliphatic rings. The van der Waals surface area contributed by atoms with Crippen molar-refractivity contribution in [1.29, 1.82) is 0 Å². The molecule has 1 fully saturated rings. The Morgan fingerprint density at radius 1 is 1.27 bits per heavy atom. The quantitative estimate of drug-likeness (QED) is 0.566. The zero-order valence-corrected chi connectivity index (χ0v) is 18.0. The van der Waals surface area contributed by atoms with Gasteiger partial charge in [-0.25, -0.2) is 4.98 Å². The van der Waals surface area contributed by atoms with Gasteiger partial charge in [-0.2, -0.15) is 4.99 Å². The van der Waals surface area contributed by atoms with E-state index in [0.717, 1.165) is 21.5 Å². The third-order valence-electron chi connectivity index (χ3n) is 4.60. The minimum atomic E-state index is -0.526. The summed E-state index contributed by atoms with van der Waals surface area (Å²) in [5.74, 6) is -0.338. The number of aryl methyl sites for hydroxylation is 1. The molecule has 0 aliphatic carbocycles. The number of benzene rings is 2. The van der Waals surface area contributed by atoms with E-state index >= 15 is 0 Å². The Kier molecular flexibility index (Phi) is 5.96. The van der Waals surface area contributed by atoms with Crippen LogP contribution in [-0.4, -0.2) is 38.7 Å². The normalized spacial score (nSPS) is 17.6. The number of thiazole rings is 1. The van der Waals surface area contributed by atoms with Crippen molar-refractivity contribution in [2.45, 2.75) is 18.6 Å². The number of hydrogen-bond acceptors (Lipinski definition) is 6. The minimum absolute atomic E-state index is 0.0738. The van der Waals surface area contributed by atoms with Crippen LogP contribution in [0.25, 0.3) is 10.2 Å². The lowest BCUT2D eigenvalue weighted by Crippen LogP contribution is -2.33. The average Bonchev–Trinajstić information content (AvgIpc) is 3.26. The molecule has 8 heteroatoms. The molecule has 3 aromatic rings. The van der Waals surface area contributed by atoms with E-state index in [1.165, 1.54) is 23.1 Å². The van der Waals surface area contributed by atoms with E-state index < -0.39 is 5.25 Å². The summed E-state index contributed by atoms with van der Waals surface area (Å²) < 4.78 is 1.04. The van der Waals surface area contributed by atoms with Gasteiger partial charge in [-0.05, 0) is 30.7 Å².